The summed E-state index contributed by atoms with van der Waals surface area (Å²) in [5.41, 5.74) is 0.812. The molecule has 1 aliphatic rings. The van der Waals surface area contributed by atoms with Crippen molar-refractivity contribution in [1.29, 1.82) is 0 Å². The van der Waals surface area contributed by atoms with Gasteiger partial charge in [-0.1, -0.05) is 29.0 Å². The number of rotatable bonds is 4. The molecular weight excluding hydrogens is 404 g/mol. The van der Waals surface area contributed by atoms with Crippen molar-refractivity contribution in [2.75, 3.05) is 6.79 Å². The van der Waals surface area contributed by atoms with Crippen LogP contribution in [-0.2, 0) is 16.6 Å². The third-order valence-electron chi connectivity index (χ3n) is 3.49. The number of benzene rings is 1. The Morgan fingerprint density at radius 2 is 2.04 bits per heavy atom. The molecule has 0 saturated carbocycles. The molecule has 3 aromatic rings. The Morgan fingerprint density at radius 1 is 1.28 bits per heavy atom. The lowest BCUT2D eigenvalue weighted by atomic mass is 10.3. The highest BCUT2D eigenvalue weighted by Crippen LogP contribution is 2.37. The number of thiophene rings is 1. The van der Waals surface area contributed by atoms with E-state index in [1.807, 2.05) is 12.1 Å². The third kappa shape index (κ3) is 2.97. The first-order valence-corrected chi connectivity index (χ1v) is 10.5. The number of aromatic nitrogens is 1. The van der Waals surface area contributed by atoms with Crippen molar-refractivity contribution in [1.82, 2.24) is 4.57 Å². The molecule has 0 amide bonds. The van der Waals surface area contributed by atoms with Gasteiger partial charge in [-0.15, -0.1) is 22.3 Å². The highest BCUT2D eigenvalue weighted by atomic mass is 35.5. The molecule has 1 aromatic carbocycles. The molecule has 0 spiro atoms. The zero-order valence-corrected chi connectivity index (χ0v) is 15.8. The lowest BCUT2D eigenvalue weighted by molar-refractivity contribution is 0.174. The Morgan fingerprint density at radius 3 is 2.72 bits per heavy atom. The average Bonchev–Trinajstić information content (AvgIpc) is 3.25. The van der Waals surface area contributed by atoms with Gasteiger partial charge in [-0.05, 0) is 12.1 Å². The highest BCUT2D eigenvalue weighted by Gasteiger charge is 2.20. The number of hydrogen-bond acceptors (Lipinski definition) is 6. The third-order valence-corrected chi connectivity index (χ3v) is 7.61. The van der Waals surface area contributed by atoms with Crippen molar-refractivity contribution in [2.45, 2.75) is 10.8 Å². The maximum atomic E-state index is 12.6. The quantitative estimate of drug-likeness (QED) is 0.611. The fourth-order valence-electron chi connectivity index (χ4n) is 2.42. The first-order valence-electron chi connectivity index (χ1n) is 7.08. The second-order valence-electron chi connectivity index (χ2n) is 5.08. The van der Waals surface area contributed by atoms with Crippen LogP contribution in [0.3, 0.4) is 0 Å². The van der Waals surface area contributed by atoms with E-state index in [1.54, 1.807) is 10.6 Å². The average molecular weight is 415 g/mol. The fraction of sp³-hybridized carbons (Fsp3) is 0.133. The molecule has 0 bridgehead atoms. The summed E-state index contributed by atoms with van der Waals surface area (Å²) >= 11 is 8.08. The molecule has 0 radical (unpaired) electrons. The second kappa shape index (κ2) is 6.17. The van der Waals surface area contributed by atoms with Crippen LogP contribution < -0.4 is 14.3 Å². The Balaban J connectivity index is 1.94. The van der Waals surface area contributed by atoms with Crippen LogP contribution in [-0.4, -0.2) is 19.8 Å². The summed E-state index contributed by atoms with van der Waals surface area (Å²) in [7, 11) is -3.84. The van der Waals surface area contributed by atoms with Crippen LogP contribution in [0, 0.1) is 0 Å². The van der Waals surface area contributed by atoms with E-state index in [2.05, 4.69) is 11.0 Å². The summed E-state index contributed by atoms with van der Waals surface area (Å²) in [6, 6.07) is 6.64. The van der Waals surface area contributed by atoms with E-state index in [0.717, 1.165) is 21.6 Å². The van der Waals surface area contributed by atoms with Gasteiger partial charge in [-0.25, -0.2) is 0 Å². The minimum atomic E-state index is -3.84. The predicted molar refractivity (Wildman–Crippen MR) is 98.2 cm³/mol. The summed E-state index contributed by atoms with van der Waals surface area (Å²) in [4.78, 5) is 0.350. The van der Waals surface area contributed by atoms with E-state index in [-0.39, 0.29) is 11.0 Å². The Hall–Kier alpha value is -1.81. The van der Waals surface area contributed by atoms with E-state index >= 15 is 0 Å². The molecule has 3 heterocycles. The molecule has 130 valence electrons. The van der Waals surface area contributed by atoms with Crippen LogP contribution in [0.15, 0.2) is 45.5 Å². The summed E-state index contributed by atoms with van der Waals surface area (Å²) in [5.74, 6) is 1.27. The SMILES string of the molecule is C=CCn1/c(=N/S(=O)(=O)c2ccc(Cl)s2)sc2cc3c(cc21)OCO3. The minimum Gasteiger partial charge on any atom is -0.454 e. The summed E-state index contributed by atoms with van der Waals surface area (Å²) < 4.78 is 43.0. The first-order chi connectivity index (χ1) is 12.0. The molecule has 0 unspecified atom stereocenters. The van der Waals surface area contributed by atoms with Crippen LogP contribution in [0.5, 0.6) is 11.5 Å². The molecule has 25 heavy (non-hydrogen) atoms. The van der Waals surface area contributed by atoms with Crippen molar-refractivity contribution in [2.24, 2.45) is 4.40 Å². The van der Waals surface area contributed by atoms with Crippen molar-refractivity contribution in [3.05, 3.63) is 46.1 Å². The topological polar surface area (TPSA) is 69.9 Å². The predicted octanol–water partition coefficient (Wildman–Crippen LogP) is 3.62. The lowest BCUT2D eigenvalue weighted by Crippen LogP contribution is -2.16. The zero-order valence-electron chi connectivity index (χ0n) is 12.6. The molecule has 2 aromatic heterocycles. The maximum absolute atomic E-state index is 12.6. The van der Waals surface area contributed by atoms with E-state index in [9.17, 15) is 8.42 Å². The molecule has 0 saturated heterocycles. The highest BCUT2D eigenvalue weighted by molar-refractivity contribution is 7.92. The number of thiazole rings is 1. The molecule has 4 rings (SSSR count). The molecule has 0 aliphatic carbocycles. The Kier molecular flexibility index (Phi) is 4.11. The van der Waals surface area contributed by atoms with E-state index in [0.29, 0.717) is 27.2 Å². The number of hydrogen-bond donors (Lipinski definition) is 0. The number of ether oxygens (including phenoxy) is 2. The van der Waals surface area contributed by atoms with Crippen LogP contribution in [0.4, 0.5) is 0 Å². The van der Waals surface area contributed by atoms with Gasteiger partial charge in [0.2, 0.25) is 11.6 Å². The van der Waals surface area contributed by atoms with E-state index in [1.165, 1.54) is 23.5 Å². The normalized spacial score (nSPS) is 14.4. The molecular formula is C15H11ClN2O4S3. The molecule has 6 nitrogen and oxygen atoms in total. The fourth-order valence-corrected chi connectivity index (χ4v) is 6.13. The van der Waals surface area contributed by atoms with Gasteiger partial charge in [-0.3, -0.25) is 0 Å². The number of sulfonamides is 1. The van der Waals surface area contributed by atoms with Crippen molar-refractivity contribution >= 4 is 54.5 Å². The summed E-state index contributed by atoms with van der Waals surface area (Å²) in [5, 5.41) is 0. The second-order valence-corrected chi connectivity index (χ2v) is 9.64. The Bertz CT molecular complexity index is 1160. The van der Waals surface area contributed by atoms with Crippen LogP contribution in [0.25, 0.3) is 10.2 Å². The van der Waals surface area contributed by atoms with Gasteiger partial charge in [0.1, 0.15) is 4.21 Å². The number of halogens is 1. The largest absolute Gasteiger partial charge is 0.454 e. The standard InChI is InChI=1S/C15H11ClN2O4S3/c1-2-5-18-9-6-10-11(22-8-21-10)7-12(9)23-15(18)17-25(19,20)14-4-3-13(16)24-14/h2-4,6-7H,1,5,8H2/b17-15-. The summed E-state index contributed by atoms with van der Waals surface area (Å²) in [6.45, 7) is 4.33. The maximum Gasteiger partial charge on any atom is 0.294 e. The van der Waals surface area contributed by atoms with E-state index in [4.69, 9.17) is 21.1 Å². The molecule has 0 fully saturated rings. The number of fused-ring (bicyclic) bond motifs is 2. The van der Waals surface area contributed by atoms with Crippen LogP contribution in [0.2, 0.25) is 4.34 Å². The Labute approximate surface area is 156 Å². The lowest BCUT2D eigenvalue weighted by Gasteiger charge is -2.02. The van der Waals surface area contributed by atoms with Crippen LogP contribution >= 0.6 is 34.3 Å². The monoisotopic (exact) mass is 414 g/mol. The molecule has 1 aliphatic heterocycles. The van der Waals surface area contributed by atoms with Gasteiger partial charge < -0.3 is 14.0 Å². The van der Waals surface area contributed by atoms with Crippen molar-refractivity contribution in [3.63, 3.8) is 0 Å². The zero-order chi connectivity index (χ0) is 17.6. The number of allylic oxidation sites excluding steroid dienone is 1. The minimum absolute atomic E-state index is 0.106. The van der Waals surface area contributed by atoms with Crippen LogP contribution in [0.1, 0.15) is 0 Å². The van der Waals surface area contributed by atoms with Gasteiger partial charge in [-0.2, -0.15) is 8.42 Å². The van der Waals surface area contributed by atoms with E-state index < -0.39 is 10.0 Å². The molecule has 0 N–H and O–H groups in total. The first kappa shape index (κ1) is 16.6. The summed E-state index contributed by atoms with van der Waals surface area (Å²) in [6.07, 6.45) is 1.68. The van der Waals surface area contributed by atoms with Crippen molar-refractivity contribution in [3.8, 4) is 11.5 Å². The van der Waals surface area contributed by atoms with Gasteiger partial charge >= 0.3 is 0 Å². The smallest absolute Gasteiger partial charge is 0.294 e. The van der Waals surface area contributed by atoms with Gasteiger partial charge in [0.05, 0.1) is 14.6 Å². The number of nitrogens with zero attached hydrogens (tertiary/aromatic N) is 2. The van der Waals surface area contributed by atoms with Gasteiger partial charge in [0.15, 0.2) is 11.5 Å². The van der Waals surface area contributed by atoms with Gasteiger partial charge in [0, 0.05) is 18.7 Å². The molecule has 10 heteroatoms. The molecule has 0 atom stereocenters. The van der Waals surface area contributed by atoms with Gasteiger partial charge in [0.25, 0.3) is 10.0 Å². The van der Waals surface area contributed by atoms with Crippen molar-refractivity contribution < 1.29 is 17.9 Å².